The molecule has 0 heterocycles. The number of hydrogen-bond donors (Lipinski definition) is 2. The molecular weight excluding hydrogens is 309 g/mol. The molecule has 2 rings (SSSR count). The highest BCUT2D eigenvalue weighted by Crippen LogP contribution is 2.39. The lowest BCUT2D eigenvalue weighted by Gasteiger charge is -2.29. The fourth-order valence-corrected chi connectivity index (χ4v) is 2.54. The Balaban J connectivity index is 1.82. The molecule has 0 aliphatic heterocycles. The first-order valence-electron chi connectivity index (χ1n) is 7.57. The van der Waals surface area contributed by atoms with E-state index in [9.17, 15) is 18.0 Å². The van der Waals surface area contributed by atoms with Gasteiger partial charge in [-0.15, -0.1) is 13.2 Å². The van der Waals surface area contributed by atoms with E-state index in [2.05, 4.69) is 10.1 Å². The molecule has 7 heteroatoms. The average molecular weight is 330 g/mol. The van der Waals surface area contributed by atoms with Gasteiger partial charge in [-0.25, -0.2) is 0 Å². The minimum absolute atomic E-state index is 0.0968. The summed E-state index contributed by atoms with van der Waals surface area (Å²) >= 11 is 0. The highest BCUT2D eigenvalue weighted by Gasteiger charge is 2.41. The van der Waals surface area contributed by atoms with Gasteiger partial charge in [-0.3, -0.25) is 4.79 Å². The summed E-state index contributed by atoms with van der Waals surface area (Å²) in [7, 11) is 0. The number of hydrogen-bond acceptors (Lipinski definition) is 3. The predicted octanol–water partition coefficient (Wildman–Crippen LogP) is 2.76. The Morgan fingerprint density at radius 2 is 1.91 bits per heavy atom. The second-order valence-corrected chi connectivity index (χ2v) is 6.14. The largest absolute Gasteiger partial charge is 0.573 e. The van der Waals surface area contributed by atoms with Gasteiger partial charge in [-0.2, -0.15) is 0 Å². The van der Waals surface area contributed by atoms with Crippen LogP contribution in [0.2, 0.25) is 0 Å². The number of nitrogens with two attached hydrogens (primary N) is 1. The molecule has 1 aliphatic rings. The number of carbonyl (C=O) groups excluding carboxylic acids is 1. The number of nitrogens with one attached hydrogen (secondary N) is 1. The molecule has 1 aromatic carbocycles. The van der Waals surface area contributed by atoms with Gasteiger partial charge in [0.2, 0.25) is 5.91 Å². The van der Waals surface area contributed by atoms with Crippen molar-refractivity contribution < 1.29 is 22.7 Å². The molecule has 1 fully saturated rings. The summed E-state index contributed by atoms with van der Waals surface area (Å²) in [4.78, 5) is 12.0. The Labute approximate surface area is 133 Å². The second kappa shape index (κ2) is 6.78. The fourth-order valence-electron chi connectivity index (χ4n) is 2.54. The molecule has 23 heavy (non-hydrogen) atoms. The van der Waals surface area contributed by atoms with Crippen LogP contribution in [0.4, 0.5) is 13.2 Å². The van der Waals surface area contributed by atoms with Crippen molar-refractivity contribution in [1.29, 1.82) is 0 Å². The standard InChI is InChI=1S/C16H21F3N2O2/c1-15(10-20,12-5-6-12)21-14(22)9-4-11-2-7-13(8-3-11)23-16(17,18)19/h2-3,7-8,12H,4-6,9-10,20H2,1H3,(H,21,22). The third-order valence-corrected chi connectivity index (χ3v) is 4.13. The topological polar surface area (TPSA) is 64.3 Å². The Bertz CT molecular complexity index is 541. The van der Waals surface area contributed by atoms with E-state index in [4.69, 9.17) is 5.73 Å². The monoisotopic (exact) mass is 330 g/mol. The van der Waals surface area contributed by atoms with Crippen LogP contribution in [0.1, 0.15) is 31.7 Å². The van der Waals surface area contributed by atoms with E-state index in [-0.39, 0.29) is 23.6 Å². The van der Waals surface area contributed by atoms with Crippen LogP contribution in [0.5, 0.6) is 5.75 Å². The van der Waals surface area contributed by atoms with Gasteiger partial charge in [0.1, 0.15) is 5.75 Å². The number of benzene rings is 1. The molecule has 1 aliphatic carbocycles. The molecule has 1 unspecified atom stereocenters. The van der Waals surface area contributed by atoms with Crippen molar-refractivity contribution in [2.45, 2.75) is 44.5 Å². The van der Waals surface area contributed by atoms with Crippen LogP contribution in [0.25, 0.3) is 0 Å². The minimum atomic E-state index is -4.70. The van der Waals surface area contributed by atoms with Crippen LogP contribution in [-0.4, -0.2) is 24.4 Å². The number of carbonyl (C=O) groups is 1. The molecule has 1 saturated carbocycles. The van der Waals surface area contributed by atoms with E-state index in [0.717, 1.165) is 18.4 Å². The third kappa shape index (κ3) is 5.42. The maximum atomic E-state index is 12.1. The summed E-state index contributed by atoms with van der Waals surface area (Å²) in [5, 5.41) is 2.98. The van der Waals surface area contributed by atoms with Gasteiger partial charge in [0.05, 0.1) is 5.54 Å². The first-order chi connectivity index (χ1) is 10.7. The zero-order chi connectivity index (χ0) is 17.1. The molecule has 0 aromatic heterocycles. The first kappa shape index (κ1) is 17.6. The van der Waals surface area contributed by atoms with Gasteiger partial charge in [0, 0.05) is 13.0 Å². The Morgan fingerprint density at radius 1 is 1.30 bits per heavy atom. The maximum absolute atomic E-state index is 12.1. The SMILES string of the molecule is CC(CN)(NC(=O)CCc1ccc(OC(F)(F)F)cc1)C1CC1. The molecule has 4 nitrogen and oxygen atoms in total. The highest BCUT2D eigenvalue weighted by molar-refractivity contribution is 5.77. The van der Waals surface area contributed by atoms with Crippen LogP contribution in [0.15, 0.2) is 24.3 Å². The van der Waals surface area contributed by atoms with Gasteiger partial charge in [-0.05, 0) is 49.8 Å². The van der Waals surface area contributed by atoms with Crippen molar-refractivity contribution in [1.82, 2.24) is 5.32 Å². The summed E-state index contributed by atoms with van der Waals surface area (Å²) in [6.45, 7) is 2.35. The quantitative estimate of drug-likeness (QED) is 0.808. The lowest BCUT2D eigenvalue weighted by atomic mass is 9.95. The lowest BCUT2D eigenvalue weighted by Crippen LogP contribution is -2.53. The van der Waals surface area contributed by atoms with E-state index < -0.39 is 6.36 Å². The molecule has 1 amide bonds. The highest BCUT2D eigenvalue weighted by atomic mass is 19.4. The van der Waals surface area contributed by atoms with E-state index in [1.54, 1.807) is 0 Å². The molecule has 3 N–H and O–H groups in total. The number of rotatable bonds is 7. The van der Waals surface area contributed by atoms with E-state index >= 15 is 0 Å². The van der Waals surface area contributed by atoms with Gasteiger partial charge in [0.25, 0.3) is 0 Å². The van der Waals surface area contributed by atoms with Crippen molar-refractivity contribution in [3.63, 3.8) is 0 Å². The molecule has 0 saturated heterocycles. The maximum Gasteiger partial charge on any atom is 0.573 e. The molecule has 128 valence electrons. The Kier molecular flexibility index (Phi) is 5.19. The molecule has 1 atom stereocenters. The van der Waals surface area contributed by atoms with Crippen LogP contribution < -0.4 is 15.8 Å². The van der Waals surface area contributed by atoms with E-state index in [1.165, 1.54) is 24.3 Å². The van der Waals surface area contributed by atoms with Gasteiger partial charge in [-0.1, -0.05) is 12.1 Å². The number of amides is 1. The van der Waals surface area contributed by atoms with Gasteiger partial charge >= 0.3 is 6.36 Å². The zero-order valence-corrected chi connectivity index (χ0v) is 13.0. The molecule has 0 radical (unpaired) electrons. The normalized spacial score (nSPS) is 17.4. The minimum Gasteiger partial charge on any atom is -0.406 e. The molecular formula is C16H21F3N2O2. The Morgan fingerprint density at radius 3 is 2.39 bits per heavy atom. The fraction of sp³-hybridized carbons (Fsp3) is 0.562. The molecule has 0 spiro atoms. The summed E-state index contributed by atoms with van der Waals surface area (Å²) in [5.41, 5.74) is 6.16. The van der Waals surface area contributed by atoms with Crippen LogP contribution >= 0.6 is 0 Å². The van der Waals surface area contributed by atoms with Crippen LogP contribution in [0, 0.1) is 5.92 Å². The summed E-state index contributed by atoms with van der Waals surface area (Å²) in [6, 6.07) is 5.54. The molecule has 1 aromatic rings. The van der Waals surface area contributed by atoms with E-state index in [0.29, 0.717) is 18.9 Å². The van der Waals surface area contributed by atoms with Crippen molar-refractivity contribution in [3.05, 3.63) is 29.8 Å². The van der Waals surface area contributed by atoms with Crippen molar-refractivity contribution in [2.75, 3.05) is 6.54 Å². The third-order valence-electron chi connectivity index (χ3n) is 4.13. The zero-order valence-electron chi connectivity index (χ0n) is 13.0. The second-order valence-electron chi connectivity index (χ2n) is 6.14. The number of halogens is 3. The summed E-state index contributed by atoms with van der Waals surface area (Å²) in [5.74, 6) is 0.0749. The van der Waals surface area contributed by atoms with Gasteiger partial charge < -0.3 is 15.8 Å². The van der Waals surface area contributed by atoms with Crippen LogP contribution in [0.3, 0.4) is 0 Å². The first-order valence-corrected chi connectivity index (χ1v) is 7.57. The summed E-state index contributed by atoms with van der Waals surface area (Å²) in [6.07, 6.45) is -1.83. The number of aryl methyl sites for hydroxylation is 1. The number of alkyl halides is 3. The van der Waals surface area contributed by atoms with Crippen molar-refractivity contribution in [3.8, 4) is 5.75 Å². The lowest BCUT2D eigenvalue weighted by molar-refractivity contribution is -0.274. The number of ether oxygens (including phenoxy) is 1. The van der Waals surface area contributed by atoms with E-state index in [1.807, 2.05) is 6.92 Å². The van der Waals surface area contributed by atoms with Crippen molar-refractivity contribution >= 4 is 5.91 Å². The Hall–Kier alpha value is -1.76. The average Bonchev–Trinajstić information content (AvgIpc) is 3.30. The predicted molar refractivity (Wildman–Crippen MR) is 79.8 cm³/mol. The molecule has 0 bridgehead atoms. The van der Waals surface area contributed by atoms with Crippen molar-refractivity contribution in [2.24, 2.45) is 11.7 Å². The van der Waals surface area contributed by atoms with Gasteiger partial charge in [0.15, 0.2) is 0 Å². The smallest absolute Gasteiger partial charge is 0.406 e. The summed E-state index contributed by atoms with van der Waals surface area (Å²) < 4.78 is 40.0. The van der Waals surface area contributed by atoms with Crippen LogP contribution in [-0.2, 0) is 11.2 Å².